The summed E-state index contributed by atoms with van der Waals surface area (Å²) in [5, 5.41) is 4.02. The van der Waals surface area contributed by atoms with Crippen LogP contribution in [0.15, 0.2) is 30.3 Å². The zero-order valence-electron chi connectivity index (χ0n) is 10.7. The SMILES string of the molecule is CCOc1cc(Nc2cc(Cl)cc(Cl)c2)c(N)cc1F. The van der Waals surface area contributed by atoms with E-state index in [-0.39, 0.29) is 11.4 Å². The van der Waals surface area contributed by atoms with Gasteiger partial charge in [-0.3, -0.25) is 0 Å². The second kappa shape index (κ2) is 6.20. The first-order chi connectivity index (χ1) is 9.49. The summed E-state index contributed by atoms with van der Waals surface area (Å²) in [6, 6.07) is 7.71. The average molecular weight is 315 g/mol. The van der Waals surface area contributed by atoms with Crippen LogP contribution in [-0.4, -0.2) is 6.61 Å². The number of nitrogens with two attached hydrogens (primary N) is 1. The molecule has 0 unspecified atom stereocenters. The van der Waals surface area contributed by atoms with Gasteiger partial charge in [-0.2, -0.15) is 0 Å². The van der Waals surface area contributed by atoms with E-state index in [2.05, 4.69) is 5.32 Å². The smallest absolute Gasteiger partial charge is 0.167 e. The van der Waals surface area contributed by atoms with Gasteiger partial charge in [-0.05, 0) is 25.1 Å². The number of hydrogen-bond acceptors (Lipinski definition) is 3. The summed E-state index contributed by atoms with van der Waals surface area (Å²) in [7, 11) is 0. The van der Waals surface area contributed by atoms with E-state index in [9.17, 15) is 4.39 Å². The van der Waals surface area contributed by atoms with E-state index >= 15 is 0 Å². The molecule has 0 aromatic heterocycles. The number of halogens is 3. The fraction of sp³-hybridized carbons (Fsp3) is 0.143. The van der Waals surface area contributed by atoms with Crippen molar-refractivity contribution in [1.82, 2.24) is 0 Å². The number of benzene rings is 2. The minimum Gasteiger partial charge on any atom is -0.491 e. The number of hydrogen-bond donors (Lipinski definition) is 2. The Bertz CT molecular complexity index is 615. The fourth-order valence-electron chi connectivity index (χ4n) is 1.72. The molecule has 2 aromatic carbocycles. The Balaban J connectivity index is 2.34. The van der Waals surface area contributed by atoms with Crippen molar-refractivity contribution in [2.45, 2.75) is 6.92 Å². The summed E-state index contributed by atoms with van der Waals surface area (Å²) >= 11 is 11.8. The average Bonchev–Trinajstić information content (AvgIpc) is 2.34. The molecule has 0 aliphatic rings. The van der Waals surface area contributed by atoms with Gasteiger partial charge in [0, 0.05) is 27.9 Å². The highest BCUT2D eigenvalue weighted by Crippen LogP contribution is 2.32. The zero-order valence-corrected chi connectivity index (χ0v) is 12.2. The van der Waals surface area contributed by atoms with Crippen molar-refractivity contribution in [3.8, 4) is 5.75 Å². The van der Waals surface area contributed by atoms with Crippen molar-refractivity contribution < 1.29 is 9.13 Å². The number of rotatable bonds is 4. The molecule has 0 bridgehead atoms. The predicted octanol–water partition coefficient (Wildman–Crippen LogP) is 4.86. The number of ether oxygens (including phenoxy) is 1. The summed E-state index contributed by atoms with van der Waals surface area (Å²) in [6.07, 6.45) is 0. The molecule has 0 saturated heterocycles. The van der Waals surface area contributed by atoms with E-state index in [1.165, 1.54) is 12.1 Å². The van der Waals surface area contributed by atoms with Crippen LogP contribution in [0.4, 0.5) is 21.5 Å². The molecule has 0 fully saturated rings. The lowest BCUT2D eigenvalue weighted by atomic mass is 10.2. The Hall–Kier alpha value is -1.65. The standard InChI is InChI=1S/C14H13Cl2FN2O/c1-2-20-14-7-13(12(18)6-11(14)17)19-10-4-8(15)3-9(16)5-10/h3-7,19H,2,18H2,1H3. The summed E-state index contributed by atoms with van der Waals surface area (Å²) in [4.78, 5) is 0. The normalized spacial score (nSPS) is 10.4. The number of nitrogen functional groups attached to an aromatic ring is 1. The molecule has 0 aliphatic carbocycles. The van der Waals surface area contributed by atoms with Gasteiger partial charge in [-0.15, -0.1) is 0 Å². The van der Waals surface area contributed by atoms with Gasteiger partial charge in [0.15, 0.2) is 11.6 Å². The molecule has 0 amide bonds. The summed E-state index contributed by atoms with van der Waals surface area (Å²) in [5.41, 5.74) is 7.23. The highest BCUT2D eigenvalue weighted by Gasteiger charge is 2.09. The van der Waals surface area contributed by atoms with Crippen molar-refractivity contribution in [2.24, 2.45) is 0 Å². The third-order valence-electron chi connectivity index (χ3n) is 2.55. The van der Waals surface area contributed by atoms with Crippen molar-refractivity contribution in [2.75, 3.05) is 17.7 Å². The van der Waals surface area contributed by atoms with E-state index in [1.54, 1.807) is 25.1 Å². The number of anilines is 3. The van der Waals surface area contributed by atoms with Crippen molar-refractivity contribution in [1.29, 1.82) is 0 Å². The Morgan fingerprint density at radius 3 is 2.40 bits per heavy atom. The maximum atomic E-state index is 13.6. The van der Waals surface area contributed by atoms with Gasteiger partial charge in [0.25, 0.3) is 0 Å². The maximum Gasteiger partial charge on any atom is 0.167 e. The van der Waals surface area contributed by atoms with E-state index in [0.29, 0.717) is 28.0 Å². The van der Waals surface area contributed by atoms with Crippen LogP contribution in [0.5, 0.6) is 5.75 Å². The van der Waals surface area contributed by atoms with E-state index < -0.39 is 5.82 Å². The molecule has 3 nitrogen and oxygen atoms in total. The van der Waals surface area contributed by atoms with Crippen LogP contribution in [0.1, 0.15) is 6.92 Å². The Morgan fingerprint density at radius 2 is 1.80 bits per heavy atom. The first kappa shape index (κ1) is 14.8. The monoisotopic (exact) mass is 314 g/mol. The van der Waals surface area contributed by atoms with Gasteiger partial charge in [-0.25, -0.2) is 4.39 Å². The molecule has 2 rings (SSSR count). The third-order valence-corrected chi connectivity index (χ3v) is 2.98. The molecule has 3 N–H and O–H groups in total. The maximum absolute atomic E-state index is 13.6. The summed E-state index contributed by atoms with van der Waals surface area (Å²) in [6.45, 7) is 2.14. The van der Waals surface area contributed by atoms with Crippen LogP contribution >= 0.6 is 23.2 Å². The second-order valence-electron chi connectivity index (χ2n) is 4.09. The Labute approximate surface area is 126 Å². The lowest BCUT2D eigenvalue weighted by molar-refractivity contribution is 0.322. The van der Waals surface area contributed by atoms with Crippen molar-refractivity contribution in [3.63, 3.8) is 0 Å². The van der Waals surface area contributed by atoms with Crippen LogP contribution in [0.3, 0.4) is 0 Å². The molecule has 0 aliphatic heterocycles. The van der Waals surface area contributed by atoms with Crippen LogP contribution in [0, 0.1) is 5.82 Å². The molecular formula is C14H13Cl2FN2O. The lowest BCUT2D eigenvalue weighted by Gasteiger charge is -2.13. The predicted molar refractivity (Wildman–Crippen MR) is 81.7 cm³/mol. The van der Waals surface area contributed by atoms with Crippen molar-refractivity contribution >= 4 is 40.3 Å². The molecule has 0 radical (unpaired) electrons. The molecule has 0 saturated carbocycles. The highest BCUT2D eigenvalue weighted by molar-refractivity contribution is 6.35. The molecular weight excluding hydrogens is 302 g/mol. The first-order valence-corrected chi connectivity index (χ1v) is 6.70. The molecule has 20 heavy (non-hydrogen) atoms. The molecule has 0 heterocycles. The first-order valence-electron chi connectivity index (χ1n) is 5.94. The van der Waals surface area contributed by atoms with E-state index in [0.717, 1.165) is 0 Å². The Morgan fingerprint density at radius 1 is 1.15 bits per heavy atom. The van der Waals surface area contributed by atoms with Gasteiger partial charge in [0.1, 0.15) is 0 Å². The fourth-order valence-corrected chi connectivity index (χ4v) is 2.25. The lowest BCUT2D eigenvalue weighted by Crippen LogP contribution is -2.01. The molecule has 106 valence electrons. The molecule has 2 aromatic rings. The second-order valence-corrected chi connectivity index (χ2v) is 4.96. The molecule has 6 heteroatoms. The summed E-state index contributed by atoms with van der Waals surface area (Å²) < 4.78 is 18.8. The van der Waals surface area contributed by atoms with Gasteiger partial charge in [-0.1, -0.05) is 23.2 Å². The quantitative estimate of drug-likeness (QED) is 0.792. The summed E-state index contributed by atoms with van der Waals surface area (Å²) in [5.74, 6) is -0.364. The largest absolute Gasteiger partial charge is 0.491 e. The zero-order chi connectivity index (χ0) is 14.7. The topological polar surface area (TPSA) is 47.3 Å². The Kier molecular flexibility index (Phi) is 4.57. The minimum atomic E-state index is -0.501. The van der Waals surface area contributed by atoms with Crippen LogP contribution in [0.2, 0.25) is 10.0 Å². The third kappa shape index (κ3) is 3.46. The van der Waals surface area contributed by atoms with Crippen LogP contribution in [0.25, 0.3) is 0 Å². The van der Waals surface area contributed by atoms with Gasteiger partial charge in [0.2, 0.25) is 0 Å². The van der Waals surface area contributed by atoms with Crippen LogP contribution < -0.4 is 15.8 Å². The highest BCUT2D eigenvalue weighted by atomic mass is 35.5. The number of nitrogens with one attached hydrogen (secondary N) is 1. The van der Waals surface area contributed by atoms with Crippen molar-refractivity contribution in [3.05, 3.63) is 46.2 Å². The molecule has 0 spiro atoms. The van der Waals surface area contributed by atoms with E-state index in [4.69, 9.17) is 33.7 Å². The van der Waals surface area contributed by atoms with Gasteiger partial charge in [0.05, 0.1) is 18.0 Å². The van der Waals surface area contributed by atoms with E-state index in [1.807, 2.05) is 0 Å². The van der Waals surface area contributed by atoms with Crippen LogP contribution in [-0.2, 0) is 0 Å². The molecule has 0 atom stereocenters. The minimum absolute atomic E-state index is 0.136. The van der Waals surface area contributed by atoms with Gasteiger partial charge < -0.3 is 15.8 Å². The van der Waals surface area contributed by atoms with Gasteiger partial charge >= 0.3 is 0 Å².